The van der Waals surface area contributed by atoms with Gasteiger partial charge in [0.2, 0.25) is 0 Å². The lowest BCUT2D eigenvalue weighted by Crippen LogP contribution is -2.47. The molecule has 8 nitrogen and oxygen atoms in total. The molecule has 2 aliphatic rings. The van der Waals surface area contributed by atoms with E-state index in [2.05, 4.69) is 9.71 Å². The van der Waals surface area contributed by atoms with Crippen LogP contribution in [0.15, 0.2) is 24.3 Å². The first kappa shape index (κ1) is 27.8. The van der Waals surface area contributed by atoms with Crippen molar-refractivity contribution in [2.45, 2.75) is 82.3 Å². The summed E-state index contributed by atoms with van der Waals surface area (Å²) >= 11 is 6.44. The summed E-state index contributed by atoms with van der Waals surface area (Å²) in [6.45, 7) is 9.35. The van der Waals surface area contributed by atoms with Crippen LogP contribution in [0.5, 0.6) is 17.2 Å². The Hall–Kier alpha value is -2.20. The summed E-state index contributed by atoms with van der Waals surface area (Å²) in [5.41, 5.74) is -0.773. The molecule has 2 N–H and O–H groups in total. The van der Waals surface area contributed by atoms with Crippen molar-refractivity contribution in [3.63, 3.8) is 0 Å². The molecule has 2 aromatic rings. The van der Waals surface area contributed by atoms with Crippen LogP contribution >= 0.6 is 11.6 Å². The van der Waals surface area contributed by atoms with Crippen LogP contribution in [0.25, 0.3) is 0 Å². The summed E-state index contributed by atoms with van der Waals surface area (Å²) in [6, 6.07) is 6.85. The summed E-state index contributed by atoms with van der Waals surface area (Å²) in [7, 11) is 0.179. The van der Waals surface area contributed by atoms with Gasteiger partial charge in [0.15, 0.2) is 28.2 Å². The molecule has 1 aliphatic heterocycles. The normalized spacial score (nSPS) is 21.5. The molecule has 1 aromatic heterocycles. The Kier molecular flexibility index (Phi) is 7.65. The van der Waals surface area contributed by atoms with E-state index in [1.807, 2.05) is 27.7 Å². The quantitative estimate of drug-likeness (QED) is 0.323. The van der Waals surface area contributed by atoms with Crippen LogP contribution in [0.3, 0.4) is 0 Å². The first-order valence-electron chi connectivity index (χ1n) is 12.4. The van der Waals surface area contributed by atoms with Crippen LogP contribution in [0.4, 0.5) is 0 Å². The number of nitrogens with one attached hydrogen (secondary N) is 1. The Morgan fingerprint density at radius 1 is 1.27 bits per heavy atom. The standard InChI is InChI=1S/C27H35ClN2O6S/c1-25(2,3)37(33)30-26(4)15-35-23-18(26)14-22(29-24(23)28)27(5,32)12-11-19(31)16-7-10-20(21(13-16)34-6)36-17-8-9-17/h7,10,13-14,17,30,32H,8-9,11-12,15H2,1-6H3. The third-order valence-corrected chi connectivity index (χ3v) is 8.60. The van der Waals surface area contributed by atoms with Crippen molar-refractivity contribution < 1.29 is 28.3 Å². The van der Waals surface area contributed by atoms with E-state index in [0.717, 1.165) is 12.8 Å². The molecular formula is C27H35ClN2O6S. The van der Waals surface area contributed by atoms with E-state index in [1.165, 1.54) is 0 Å². The molecule has 1 aliphatic carbocycles. The van der Waals surface area contributed by atoms with Gasteiger partial charge in [0.25, 0.3) is 0 Å². The van der Waals surface area contributed by atoms with E-state index >= 15 is 0 Å². The summed E-state index contributed by atoms with van der Waals surface area (Å²) in [4.78, 5) is 17.4. The maximum absolute atomic E-state index is 13.0. The maximum atomic E-state index is 13.0. The van der Waals surface area contributed by atoms with Gasteiger partial charge in [-0.05, 0) is 78.1 Å². The van der Waals surface area contributed by atoms with Gasteiger partial charge in [-0.1, -0.05) is 11.6 Å². The fourth-order valence-corrected chi connectivity index (χ4v) is 5.13. The molecule has 0 radical (unpaired) electrons. The Morgan fingerprint density at radius 2 is 1.97 bits per heavy atom. The fraction of sp³-hybridized carbons (Fsp3) is 0.556. The summed E-state index contributed by atoms with van der Waals surface area (Å²) in [5.74, 6) is 1.39. The van der Waals surface area contributed by atoms with Crippen molar-refractivity contribution >= 4 is 28.4 Å². The number of rotatable bonds is 10. The average Bonchev–Trinajstić information content (AvgIpc) is 3.58. The third kappa shape index (κ3) is 6.11. The Balaban J connectivity index is 1.51. The number of aliphatic hydroxyl groups is 1. The molecule has 10 heteroatoms. The van der Waals surface area contributed by atoms with Crippen molar-refractivity contribution in [2.75, 3.05) is 13.7 Å². The van der Waals surface area contributed by atoms with Crippen LogP contribution in [0, 0.1) is 0 Å². The predicted molar refractivity (Wildman–Crippen MR) is 143 cm³/mol. The van der Waals surface area contributed by atoms with Crippen molar-refractivity contribution in [1.29, 1.82) is 0 Å². The SMILES string of the molecule is COc1cc(C(=O)CCC(C)(O)c2cc3c(c(Cl)n2)OCC3(C)NS(=O)C(C)(C)C)ccc1OC1CC1. The smallest absolute Gasteiger partial charge is 0.171 e. The third-order valence-electron chi connectivity index (χ3n) is 6.60. The van der Waals surface area contributed by atoms with Crippen LogP contribution in [0.2, 0.25) is 5.15 Å². The van der Waals surface area contributed by atoms with Gasteiger partial charge >= 0.3 is 0 Å². The molecule has 0 bridgehead atoms. The van der Waals surface area contributed by atoms with E-state index < -0.39 is 26.9 Å². The molecule has 37 heavy (non-hydrogen) atoms. The summed E-state index contributed by atoms with van der Waals surface area (Å²) < 4.78 is 32.5. The zero-order valence-corrected chi connectivity index (χ0v) is 23.7. The molecule has 3 unspecified atom stereocenters. The minimum atomic E-state index is -1.44. The van der Waals surface area contributed by atoms with E-state index in [1.54, 1.807) is 38.3 Å². The lowest BCUT2D eigenvalue weighted by molar-refractivity contribution is 0.0395. The van der Waals surface area contributed by atoms with Gasteiger partial charge in [-0.3, -0.25) is 4.79 Å². The molecule has 202 valence electrons. The number of fused-ring (bicyclic) bond motifs is 1. The molecule has 0 saturated heterocycles. The number of hydrogen-bond acceptors (Lipinski definition) is 7. The van der Waals surface area contributed by atoms with Crippen molar-refractivity contribution in [1.82, 2.24) is 9.71 Å². The Labute approximate surface area is 225 Å². The Bertz CT molecular complexity index is 1220. The minimum absolute atomic E-state index is 0.0788. The second-order valence-electron chi connectivity index (χ2n) is 11.2. The predicted octanol–water partition coefficient (Wildman–Crippen LogP) is 4.81. The zero-order valence-electron chi connectivity index (χ0n) is 22.1. The van der Waals surface area contributed by atoms with E-state index in [4.69, 9.17) is 25.8 Å². The molecule has 0 spiro atoms. The number of benzene rings is 1. The van der Waals surface area contributed by atoms with Gasteiger partial charge in [-0.25, -0.2) is 13.9 Å². The number of Topliss-reactive ketones (excluding diaryl/α,β-unsaturated/α-hetero) is 1. The highest BCUT2D eigenvalue weighted by Crippen LogP contribution is 2.44. The fourth-order valence-electron chi connectivity index (χ4n) is 3.99. The number of methoxy groups -OCH3 is 1. The van der Waals surface area contributed by atoms with Crippen LogP contribution in [0.1, 0.15) is 81.9 Å². The highest BCUT2D eigenvalue weighted by atomic mass is 35.5. The second kappa shape index (κ2) is 10.2. The molecular weight excluding hydrogens is 516 g/mol. The number of nitrogens with zero attached hydrogens (tertiary/aromatic N) is 1. The van der Waals surface area contributed by atoms with Gasteiger partial charge < -0.3 is 19.3 Å². The zero-order chi connectivity index (χ0) is 27.2. The van der Waals surface area contributed by atoms with Gasteiger partial charge in [0, 0.05) is 17.5 Å². The number of ether oxygens (including phenoxy) is 3. The number of hydrogen-bond donors (Lipinski definition) is 2. The number of aromatic nitrogens is 1. The molecule has 1 saturated carbocycles. The van der Waals surface area contributed by atoms with E-state index in [0.29, 0.717) is 34.1 Å². The molecule has 4 rings (SSSR count). The van der Waals surface area contributed by atoms with Crippen LogP contribution < -0.4 is 18.9 Å². The number of halogens is 1. The van der Waals surface area contributed by atoms with Crippen LogP contribution in [-0.4, -0.2) is 44.7 Å². The topological polar surface area (TPSA) is 107 Å². The molecule has 0 amide bonds. The average molecular weight is 551 g/mol. The number of pyridine rings is 1. The van der Waals surface area contributed by atoms with Crippen LogP contribution in [-0.2, 0) is 22.1 Å². The molecule has 1 aromatic carbocycles. The van der Waals surface area contributed by atoms with Gasteiger partial charge in [0.05, 0.1) is 40.2 Å². The van der Waals surface area contributed by atoms with Gasteiger partial charge in [0.1, 0.15) is 12.2 Å². The number of carbonyl (C=O) groups excluding carboxylic acids is 1. The number of ketones is 1. The lowest BCUT2D eigenvalue weighted by Gasteiger charge is -2.30. The first-order valence-corrected chi connectivity index (χ1v) is 13.9. The van der Waals surface area contributed by atoms with E-state index in [-0.39, 0.29) is 36.5 Å². The second-order valence-corrected chi connectivity index (χ2v) is 13.5. The first-order chi connectivity index (χ1) is 17.2. The van der Waals surface area contributed by atoms with Crippen molar-refractivity contribution in [2.24, 2.45) is 0 Å². The molecule has 3 atom stereocenters. The van der Waals surface area contributed by atoms with Crippen molar-refractivity contribution in [3.05, 3.63) is 46.2 Å². The summed E-state index contributed by atoms with van der Waals surface area (Å²) in [5, 5.41) is 11.4. The highest BCUT2D eigenvalue weighted by molar-refractivity contribution is 7.84. The largest absolute Gasteiger partial charge is 0.493 e. The molecule has 2 heterocycles. The van der Waals surface area contributed by atoms with Gasteiger partial charge in [-0.2, -0.15) is 0 Å². The minimum Gasteiger partial charge on any atom is -0.493 e. The Morgan fingerprint density at radius 3 is 2.59 bits per heavy atom. The number of carbonyl (C=O) groups is 1. The van der Waals surface area contributed by atoms with Gasteiger partial charge in [-0.15, -0.1) is 0 Å². The maximum Gasteiger partial charge on any atom is 0.171 e. The van der Waals surface area contributed by atoms with Crippen molar-refractivity contribution in [3.8, 4) is 17.2 Å². The monoisotopic (exact) mass is 550 g/mol. The highest BCUT2D eigenvalue weighted by Gasteiger charge is 2.43. The lowest BCUT2D eigenvalue weighted by atomic mass is 9.89. The van der Waals surface area contributed by atoms with E-state index in [9.17, 15) is 14.1 Å². The summed E-state index contributed by atoms with van der Waals surface area (Å²) in [6.07, 6.45) is 2.46. The molecule has 1 fully saturated rings.